The normalized spacial score (nSPS) is 20.7. The van der Waals surface area contributed by atoms with Crippen LogP contribution in [0.4, 0.5) is 0 Å². The van der Waals surface area contributed by atoms with Gasteiger partial charge in [0, 0.05) is 13.7 Å². The van der Waals surface area contributed by atoms with E-state index in [9.17, 15) is 9.59 Å². The van der Waals surface area contributed by atoms with Crippen LogP contribution in [0.25, 0.3) is 0 Å². The van der Waals surface area contributed by atoms with Crippen molar-refractivity contribution in [3.05, 3.63) is 0 Å². The van der Waals surface area contributed by atoms with Gasteiger partial charge >= 0.3 is 5.97 Å². The van der Waals surface area contributed by atoms with Crippen LogP contribution in [0.1, 0.15) is 33.6 Å². The Labute approximate surface area is 121 Å². The fraction of sp³-hybridized carbons (Fsp3) is 0.867. The molecule has 1 heterocycles. The molecule has 5 heteroatoms. The predicted octanol–water partition coefficient (Wildman–Crippen LogP) is 1.50. The van der Waals surface area contributed by atoms with E-state index in [1.54, 1.807) is 27.9 Å². The molecule has 0 radical (unpaired) electrons. The van der Waals surface area contributed by atoms with Crippen molar-refractivity contribution in [2.45, 2.75) is 33.6 Å². The van der Waals surface area contributed by atoms with Gasteiger partial charge in [-0.05, 0) is 46.1 Å². The minimum Gasteiger partial charge on any atom is -0.465 e. The Morgan fingerprint density at radius 1 is 1.35 bits per heavy atom. The third kappa shape index (κ3) is 4.56. The Bertz CT molecular complexity index is 339. The van der Waals surface area contributed by atoms with E-state index in [0.29, 0.717) is 19.1 Å². The standard InChI is InChI=1S/C15H27NO4/c1-5-20-14(18)15(2,3)13(17)10-16-8-6-7-12(9-16)11-19-4/h12H,5-11H2,1-4H3. The second-order valence-corrected chi connectivity index (χ2v) is 5.97. The second-order valence-electron chi connectivity index (χ2n) is 5.97. The van der Waals surface area contributed by atoms with Gasteiger partial charge in [-0.3, -0.25) is 14.5 Å². The lowest BCUT2D eigenvalue weighted by Gasteiger charge is -2.33. The van der Waals surface area contributed by atoms with Crippen LogP contribution in [0, 0.1) is 11.3 Å². The summed E-state index contributed by atoms with van der Waals surface area (Å²) in [4.78, 5) is 26.3. The molecule has 1 atom stereocenters. The van der Waals surface area contributed by atoms with E-state index in [4.69, 9.17) is 9.47 Å². The Morgan fingerprint density at radius 3 is 2.65 bits per heavy atom. The maximum absolute atomic E-state index is 12.3. The number of hydrogen-bond acceptors (Lipinski definition) is 5. The number of Topliss-reactive ketones (excluding diaryl/α,β-unsaturated/α-hetero) is 1. The number of carbonyl (C=O) groups excluding carboxylic acids is 2. The molecule has 1 rings (SSSR count). The molecule has 1 aliphatic heterocycles. The third-order valence-electron chi connectivity index (χ3n) is 3.86. The van der Waals surface area contributed by atoms with Crippen molar-refractivity contribution >= 4 is 11.8 Å². The quantitative estimate of drug-likeness (QED) is 0.524. The number of hydrogen-bond donors (Lipinski definition) is 0. The summed E-state index contributed by atoms with van der Waals surface area (Å²) >= 11 is 0. The summed E-state index contributed by atoms with van der Waals surface area (Å²) in [6.07, 6.45) is 2.21. The van der Waals surface area contributed by atoms with E-state index in [1.165, 1.54) is 0 Å². The maximum atomic E-state index is 12.3. The molecule has 1 fully saturated rings. The number of ketones is 1. The third-order valence-corrected chi connectivity index (χ3v) is 3.86. The zero-order valence-corrected chi connectivity index (χ0v) is 13.1. The van der Waals surface area contributed by atoms with E-state index in [2.05, 4.69) is 4.90 Å². The lowest BCUT2D eigenvalue weighted by atomic mass is 9.87. The van der Waals surface area contributed by atoms with Crippen LogP contribution in [0.5, 0.6) is 0 Å². The molecule has 0 bridgehead atoms. The molecular formula is C15H27NO4. The number of esters is 1. The average Bonchev–Trinajstić information content (AvgIpc) is 2.39. The van der Waals surface area contributed by atoms with Crippen molar-refractivity contribution in [3.63, 3.8) is 0 Å². The van der Waals surface area contributed by atoms with Crippen LogP contribution in [0.15, 0.2) is 0 Å². The van der Waals surface area contributed by atoms with Crippen molar-refractivity contribution in [2.24, 2.45) is 11.3 Å². The smallest absolute Gasteiger partial charge is 0.319 e. The lowest BCUT2D eigenvalue weighted by Crippen LogP contribution is -2.46. The highest BCUT2D eigenvalue weighted by Crippen LogP contribution is 2.22. The number of carbonyl (C=O) groups is 2. The highest BCUT2D eigenvalue weighted by Gasteiger charge is 2.38. The minimum absolute atomic E-state index is 0.0750. The first-order valence-electron chi connectivity index (χ1n) is 7.33. The number of methoxy groups -OCH3 is 1. The van der Waals surface area contributed by atoms with Gasteiger partial charge in [0.05, 0.1) is 19.8 Å². The summed E-state index contributed by atoms with van der Waals surface area (Å²) in [5.74, 6) is -0.0308. The summed E-state index contributed by atoms with van der Waals surface area (Å²) < 4.78 is 10.2. The van der Waals surface area contributed by atoms with Crippen LogP contribution < -0.4 is 0 Å². The van der Waals surface area contributed by atoms with Gasteiger partial charge in [0.1, 0.15) is 5.41 Å². The minimum atomic E-state index is -1.07. The summed E-state index contributed by atoms with van der Waals surface area (Å²) in [7, 11) is 1.70. The van der Waals surface area contributed by atoms with Crippen molar-refractivity contribution in [3.8, 4) is 0 Å². The maximum Gasteiger partial charge on any atom is 0.319 e. The van der Waals surface area contributed by atoms with Gasteiger partial charge in [0.15, 0.2) is 5.78 Å². The molecule has 116 valence electrons. The topological polar surface area (TPSA) is 55.8 Å². The molecule has 0 spiro atoms. The molecule has 0 aromatic carbocycles. The largest absolute Gasteiger partial charge is 0.465 e. The average molecular weight is 285 g/mol. The highest BCUT2D eigenvalue weighted by molar-refractivity contribution is 6.03. The number of ether oxygens (including phenoxy) is 2. The van der Waals surface area contributed by atoms with E-state index in [-0.39, 0.29) is 5.78 Å². The van der Waals surface area contributed by atoms with Crippen molar-refractivity contribution in [1.29, 1.82) is 0 Å². The monoisotopic (exact) mass is 285 g/mol. The summed E-state index contributed by atoms with van der Waals surface area (Å²) in [6, 6.07) is 0. The Balaban J connectivity index is 2.54. The van der Waals surface area contributed by atoms with E-state index in [1.807, 2.05) is 0 Å². The fourth-order valence-corrected chi connectivity index (χ4v) is 2.49. The first-order valence-corrected chi connectivity index (χ1v) is 7.33. The van der Waals surface area contributed by atoms with Crippen molar-refractivity contribution in [1.82, 2.24) is 4.90 Å². The molecular weight excluding hydrogens is 258 g/mol. The molecule has 1 unspecified atom stereocenters. The van der Waals surface area contributed by atoms with Crippen LogP contribution in [-0.2, 0) is 19.1 Å². The SMILES string of the molecule is CCOC(=O)C(C)(C)C(=O)CN1CCCC(COC)C1. The predicted molar refractivity (Wildman–Crippen MR) is 76.5 cm³/mol. The number of nitrogens with zero attached hydrogens (tertiary/aromatic N) is 1. The summed E-state index contributed by atoms with van der Waals surface area (Å²) in [5, 5.41) is 0. The van der Waals surface area contributed by atoms with Gasteiger partial charge in [-0.25, -0.2) is 0 Å². The van der Waals surface area contributed by atoms with Gasteiger partial charge in [-0.15, -0.1) is 0 Å². The van der Waals surface area contributed by atoms with Crippen LogP contribution in [0.3, 0.4) is 0 Å². The van der Waals surface area contributed by atoms with Gasteiger partial charge < -0.3 is 9.47 Å². The number of piperidine rings is 1. The van der Waals surface area contributed by atoms with E-state index < -0.39 is 11.4 Å². The number of rotatable bonds is 7. The Hall–Kier alpha value is -0.940. The van der Waals surface area contributed by atoms with Gasteiger partial charge in [0.25, 0.3) is 0 Å². The van der Waals surface area contributed by atoms with Gasteiger partial charge in [-0.1, -0.05) is 0 Å². The number of likely N-dealkylation sites (tertiary alicyclic amines) is 1. The molecule has 0 aromatic rings. The van der Waals surface area contributed by atoms with Crippen molar-refractivity contribution < 1.29 is 19.1 Å². The van der Waals surface area contributed by atoms with Crippen LogP contribution in [0.2, 0.25) is 0 Å². The van der Waals surface area contributed by atoms with Crippen LogP contribution >= 0.6 is 0 Å². The first-order chi connectivity index (χ1) is 9.41. The second kappa shape index (κ2) is 7.74. The zero-order valence-electron chi connectivity index (χ0n) is 13.1. The molecule has 0 N–H and O–H groups in total. The lowest BCUT2D eigenvalue weighted by molar-refractivity contribution is -0.158. The van der Waals surface area contributed by atoms with Crippen molar-refractivity contribution in [2.75, 3.05) is 40.0 Å². The highest BCUT2D eigenvalue weighted by atomic mass is 16.5. The van der Waals surface area contributed by atoms with Crippen LogP contribution in [-0.4, -0.2) is 56.6 Å². The molecule has 0 amide bonds. The molecule has 1 saturated heterocycles. The van der Waals surface area contributed by atoms with Gasteiger partial charge in [-0.2, -0.15) is 0 Å². The molecule has 0 aromatic heterocycles. The molecule has 0 saturated carbocycles. The first kappa shape index (κ1) is 17.1. The molecule has 0 aliphatic carbocycles. The summed E-state index contributed by atoms with van der Waals surface area (Å²) in [6.45, 7) is 8.14. The van der Waals surface area contributed by atoms with E-state index in [0.717, 1.165) is 32.5 Å². The molecule has 1 aliphatic rings. The van der Waals surface area contributed by atoms with Gasteiger partial charge in [0.2, 0.25) is 0 Å². The fourth-order valence-electron chi connectivity index (χ4n) is 2.49. The zero-order chi connectivity index (χ0) is 15.2. The van der Waals surface area contributed by atoms with E-state index >= 15 is 0 Å². The Kier molecular flexibility index (Phi) is 6.62. The molecule has 5 nitrogen and oxygen atoms in total. The Morgan fingerprint density at radius 2 is 2.05 bits per heavy atom. The molecule has 20 heavy (non-hydrogen) atoms. The summed E-state index contributed by atoms with van der Waals surface area (Å²) in [5.41, 5.74) is -1.07.